The lowest BCUT2D eigenvalue weighted by Gasteiger charge is -2.30. The van der Waals surface area contributed by atoms with Gasteiger partial charge < -0.3 is 18.6 Å². The normalized spacial score (nSPS) is 14.4. The van der Waals surface area contributed by atoms with Crippen molar-refractivity contribution in [3.63, 3.8) is 0 Å². The van der Waals surface area contributed by atoms with Gasteiger partial charge in [-0.3, -0.25) is 0 Å². The average molecular weight is 436 g/mol. The van der Waals surface area contributed by atoms with E-state index in [0.29, 0.717) is 34.1 Å². The molecule has 1 aromatic heterocycles. The third kappa shape index (κ3) is 2.89. The van der Waals surface area contributed by atoms with E-state index in [9.17, 15) is 4.79 Å². The number of hydrogen-bond acceptors (Lipinski definition) is 5. The zero-order valence-corrected chi connectivity index (χ0v) is 18.1. The second kappa shape index (κ2) is 7.41. The quantitative estimate of drug-likeness (QED) is 0.307. The van der Waals surface area contributed by atoms with Gasteiger partial charge in [0, 0.05) is 11.1 Å². The summed E-state index contributed by atoms with van der Waals surface area (Å²) in [5, 5.41) is 2.81. The molecular formula is C28H20O5. The van der Waals surface area contributed by atoms with Gasteiger partial charge in [0.25, 0.3) is 0 Å². The summed E-state index contributed by atoms with van der Waals surface area (Å²) in [6, 6.07) is 25.1. The molecule has 0 spiro atoms. The summed E-state index contributed by atoms with van der Waals surface area (Å²) in [5.74, 6) is 2.07. The Hall–Kier alpha value is -4.25. The summed E-state index contributed by atoms with van der Waals surface area (Å²) in [6.07, 6.45) is 0. The number of rotatable bonds is 3. The highest BCUT2D eigenvalue weighted by Gasteiger charge is 2.36. The van der Waals surface area contributed by atoms with Crippen LogP contribution in [0.4, 0.5) is 0 Å². The molecule has 4 aromatic carbocycles. The third-order valence-electron chi connectivity index (χ3n) is 6.27. The zero-order valence-electron chi connectivity index (χ0n) is 18.1. The number of fused-ring (bicyclic) bond motifs is 6. The topological polar surface area (TPSA) is 57.9 Å². The molecule has 0 aliphatic carbocycles. The Labute approximate surface area is 189 Å². The molecule has 6 rings (SSSR count). The second-order valence-corrected chi connectivity index (χ2v) is 7.97. The Morgan fingerprint density at radius 2 is 1.58 bits per heavy atom. The van der Waals surface area contributed by atoms with Gasteiger partial charge in [0.15, 0.2) is 0 Å². The molecule has 1 atom stereocenters. The predicted molar refractivity (Wildman–Crippen MR) is 127 cm³/mol. The number of hydrogen-bond donors (Lipinski definition) is 0. The average Bonchev–Trinajstić information content (AvgIpc) is 2.87. The van der Waals surface area contributed by atoms with Gasteiger partial charge in [0.2, 0.25) is 0 Å². The van der Waals surface area contributed by atoms with Crippen LogP contribution < -0.4 is 19.8 Å². The molecule has 2 heterocycles. The summed E-state index contributed by atoms with van der Waals surface area (Å²) in [5.41, 5.74) is 2.21. The van der Waals surface area contributed by atoms with Crippen LogP contribution in [-0.2, 0) is 0 Å². The molecule has 0 fully saturated rings. The summed E-state index contributed by atoms with van der Waals surface area (Å²) in [6.45, 7) is 0. The minimum atomic E-state index is -0.472. The minimum absolute atomic E-state index is 0.433. The molecule has 162 valence electrons. The van der Waals surface area contributed by atoms with E-state index in [1.807, 2.05) is 72.8 Å². The number of para-hydroxylation sites is 1. The van der Waals surface area contributed by atoms with Gasteiger partial charge in [-0.25, -0.2) is 4.79 Å². The first kappa shape index (κ1) is 19.4. The lowest BCUT2D eigenvalue weighted by Crippen LogP contribution is -2.21. The second-order valence-electron chi connectivity index (χ2n) is 7.97. The summed E-state index contributed by atoms with van der Waals surface area (Å²) >= 11 is 0. The molecule has 1 aliphatic rings. The lowest BCUT2D eigenvalue weighted by atomic mass is 9.80. The molecule has 5 heteroatoms. The van der Waals surface area contributed by atoms with Crippen molar-refractivity contribution in [2.45, 2.75) is 5.92 Å². The Morgan fingerprint density at radius 3 is 2.39 bits per heavy atom. The van der Waals surface area contributed by atoms with E-state index in [-0.39, 0.29) is 0 Å². The van der Waals surface area contributed by atoms with E-state index < -0.39 is 11.5 Å². The van der Waals surface area contributed by atoms with E-state index >= 15 is 0 Å². The standard InChI is InChI=1S/C28H20O5/c1-30-17-12-14-21(31-2)20(15-17)25-24-18-8-4-3-7-16(18)11-13-23(24)32-27-19-9-5-6-10-22(19)33-28(29)26(25)27/h3-15,25H,1-2H3. The summed E-state index contributed by atoms with van der Waals surface area (Å²) < 4.78 is 23.4. The largest absolute Gasteiger partial charge is 0.497 e. The van der Waals surface area contributed by atoms with Crippen molar-refractivity contribution < 1.29 is 18.6 Å². The molecule has 0 N–H and O–H groups in total. The predicted octanol–water partition coefficient (Wildman–Crippen LogP) is 6.25. The number of methoxy groups -OCH3 is 2. The molecule has 0 saturated carbocycles. The fraction of sp³-hybridized carbons (Fsp3) is 0.107. The van der Waals surface area contributed by atoms with Crippen LogP contribution in [0.1, 0.15) is 22.6 Å². The molecular weight excluding hydrogens is 416 g/mol. The third-order valence-corrected chi connectivity index (χ3v) is 6.27. The van der Waals surface area contributed by atoms with Crippen molar-refractivity contribution in [3.8, 4) is 23.0 Å². The molecule has 0 bridgehead atoms. The Kier molecular flexibility index (Phi) is 4.37. The van der Waals surface area contributed by atoms with Crippen LogP contribution in [0.2, 0.25) is 0 Å². The molecule has 33 heavy (non-hydrogen) atoms. The van der Waals surface area contributed by atoms with Crippen LogP contribution in [0.25, 0.3) is 21.7 Å². The Bertz CT molecular complexity index is 1600. The highest BCUT2D eigenvalue weighted by Crippen LogP contribution is 2.52. The van der Waals surface area contributed by atoms with Crippen molar-refractivity contribution in [3.05, 3.63) is 106 Å². The van der Waals surface area contributed by atoms with Crippen molar-refractivity contribution >= 4 is 21.7 Å². The van der Waals surface area contributed by atoms with Crippen LogP contribution in [-0.4, -0.2) is 14.2 Å². The smallest absolute Gasteiger partial charge is 0.344 e. The fourth-order valence-corrected chi connectivity index (χ4v) is 4.79. The van der Waals surface area contributed by atoms with Crippen LogP contribution in [0.5, 0.6) is 23.0 Å². The maximum absolute atomic E-state index is 13.4. The van der Waals surface area contributed by atoms with Crippen molar-refractivity contribution in [2.75, 3.05) is 14.2 Å². The first-order valence-corrected chi connectivity index (χ1v) is 10.7. The minimum Gasteiger partial charge on any atom is -0.497 e. The van der Waals surface area contributed by atoms with Gasteiger partial charge in [-0.1, -0.05) is 42.5 Å². The van der Waals surface area contributed by atoms with Gasteiger partial charge in [0.1, 0.15) is 28.6 Å². The zero-order chi connectivity index (χ0) is 22.5. The van der Waals surface area contributed by atoms with Crippen molar-refractivity contribution in [2.24, 2.45) is 0 Å². The van der Waals surface area contributed by atoms with Crippen LogP contribution in [0.15, 0.2) is 88.1 Å². The van der Waals surface area contributed by atoms with Crippen molar-refractivity contribution in [1.82, 2.24) is 0 Å². The highest BCUT2D eigenvalue weighted by molar-refractivity contribution is 5.93. The molecule has 5 nitrogen and oxygen atoms in total. The van der Waals surface area contributed by atoms with E-state index in [2.05, 4.69) is 0 Å². The van der Waals surface area contributed by atoms with E-state index in [1.54, 1.807) is 20.3 Å². The van der Waals surface area contributed by atoms with E-state index in [1.165, 1.54) is 0 Å². The highest BCUT2D eigenvalue weighted by atomic mass is 16.5. The molecule has 0 amide bonds. The number of ether oxygens (including phenoxy) is 3. The van der Waals surface area contributed by atoms with Gasteiger partial charge in [-0.2, -0.15) is 0 Å². The van der Waals surface area contributed by atoms with Crippen molar-refractivity contribution in [1.29, 1.82) is 0 Å². The molecule has 1 aliphatic heterocycles. The van der Waals surface area contributed by atoms with E-state index in [4.69, 9.17) is 18.6 Å². The number of benzene rings is 4. The fourth-order valence-electron chi connectivity index (χ4n) is 4.79. The van der Waals surface area contributed by atoms with Gasteiger partial charge >= 0.3 is 5.63 Å². The lowest BCUT2D eigenvalue weighted by molar-refractivity contribution is 0.394. The van der Waals surface area contributed by atoms with Gasteiger partial charge in [-0.15, -0.1) is 0 Å². The van der Waals surface area contributed by atoms with Crippen LogP contribution >= 0.6 is 0 Å². The van der Waals surface area contributed by atoms with Crippen LogP contribution in [0, 0.1) is 0 Å². The van der Waals surface area contributed by atoms with Gasteiger partial charge in [-0.05, 0) is 47.2 Å². The SMILES string of the molecule is COc1ccc(OC)c(C2c3c(c4ccccc4oc3=O)Oc3ccc4ccccc4c32)c1. The summed E-state index contributed by atoms with van der Waals surface area (Å²) in [4.78, 5) is 13.4. The molecule has 0 saturated heterocycles. The van der Waals surface area contributed by atoms with Crippen LogP contribution in [0.3, 0.4) is 0 Å². The van der Waals surface area contributed by atoms with E-state index in [0.717, 1.165) is 27.3 Å². The van der Waals surface area contributed by atoms with Gasteiger partial charge in [0.05, 0.1) is 31.1 Å². The monoisotopic (exact) mass is 436 g/mol. The maximum Gasteiger partial charge on any atom is 0.344 e. The maximum atomic E-state index is 13.4. The Morgan fingerprint density at radius 1 is 0.788 bits per heavy atom. The molecule has 5 aromatic rings. The first-order chi connectivity index (χ1) is 16.2. The first-order valence-electron chi connectivity index (χ1n) is 10.7. The Balaban J connectivity index is 1.78. The molecule has 0 radical (unpaired) electrons. The molecule has 1 unspecified atom stereocenters. The summed E-state index contributed by atoms with van der Waals surface area (Å²) in [7, 11) is 3.24.